The van der Waals surface area contributed by atoms with E-state index in [2.05, 4.69) is 10.3 Å². The molecule has 0 radical (unpaired) electrons. The largest absolute Gasteiger partial charge is 0.469 e. The van der Waals surface area contributed by atoms with Crippen molar-refractivity contribution < 1.29 is 14.5 Å². The molecule has 1 saturated carbocycles. The first kappa shape index (κ1) is 16.2. The quantitative estimate of drug-likeness (QED) is 0.526. The topological polar surface area (TPSA) is 94.4 Å². The predicted octanol–water partition coefficient (Wildman–Crippen LogP) is 3.21. The number of methoxy groups -OCH3 is 1. The fraction of sp³-hybridized carbons (Fsp3) is 0.412. The normalized spacial score (nSPS) is 20.1. The second-order valence-electron chi connectivity index (χ2n) is 6.14. The number of esters is 1. The van der Waals surface area contributed by atoms with Gasteiger partial charge in [0.2, 0.25) is 0 Å². The van der Waals surface area contributed by atoms with Crippen molar-refractivity contribution in [3.8, 4) is 0 Å². The number of fused-ring (bicyclic) bond motifs is 1. The number of ether oxygens (including phenoxy) is 1. The Morgan fingerprint density at radius 1 is 1.38 bits per heavy atom. The summed E-state index contributed by atoms with van der Waals surface area (Å²) >= 11 is 0. The molecule has 2 atom stereocenters. The number of hydrogen-bond acceptors (Lipinski definition) is 6. The molecule has 2 aromatic rings. The lowest BCUT2D eigenvalue weighted by Gasteiger charge is -2.16. The van der Waals surface area contributed by atoms with Crippen molar-refractivity contribution >= 4 is 28.2 Å². The summed E-state index contributed by atoms with van der Waals surface area (Å²) in [7, 11) is 1.40. The molecule has 1 aliphatic carbocycles. The van der Waals surface area contributed by atoms with E-state index < -0.39 is 4.92 Å². The van der Waals surface area contributed by atoms with Gasteiger partial charge in [-0.05, 0) is 38.3 Å². The van der Waals surface area contributed by atoms with Crippen LogP contribution in [0.5, 0.6) is 0 Å². The second kappa shape index (κ2) is 6.43. The maximum Gasteiger partial charge on any atom is 0.308 e. The number of carbonyl (C=O) groups is 1. The van der Waals surface area contributed by atoms with Gasteiger partial charge in [-0.3, -0.25) is 19.9 Å². The molecule has 126 valence electrons. The lowest BCUT2D eigenvalue weighted by atomic mass is 10.1. The number of nitro groups is 1. The third-order valence-corrected chi connectivity index (χ3v) is 4.46. The predicted molar refractivity (Wildman–Crippen MR) is 89.9 cm³/mol. The van der Waals surface area contributed by atoms with Crippen LogP contribution < -0.4 is 5.32 Å². The van der Waals surface area contributed by atoms with Crippen molar-refractivity contribution in [1.29, 1.82) is 0 Å². The van der Waals surface area contributed by atoms with Gasteiger partial charge in [-0.25, -0.2) is 0 Å². The van der Waals surface area contributed by atoms with Crippen LogP contribution in [0.4, 0.5) is 11.4 Å². The Labute approximate surface area is 139 Å². The van der Waals surface area contributed by atoms with Gasteiger partial charge in [0, 0.05) is 34.9 Å². The molecule has 0 amide bonds. The highest BCUT2D eigenvalue weighted by atomic mass is 16.6. The average Bonchev–Trinajstić information content (AvgIpc) is 3.02. The number of anilines is 1. The summed E-state index contributed by atoms with van der Waals surface area (Å²) in [6.07, 6.45) is 2.34. The monoisotopic (exact) mass is 329 g/mol. The van der Waals surface area contributed by atoms with Gasteiger partial charge >= 0.3 is 5.97 Å². The minimum Gasteiger partial charge on any atom is -0.469 e. The number of rotatable bonds is 4. The Morgan fingerprint density at radius 3 is 2.88 bits per heavy atom. The molecule has 0 spiro atoms. The Hall–Kier alpha value is -2.70. The molecule has 7 heteroatoms. The van der Waals surface area contributed by atoms with E-state index in [-0.39, 0.29) is 23.6 Å². The third-order valence-electron chi connectivity index (χ3n) is 4.46. The van der Waals surface area contributed by atoms with Crippen LogP contribution in [0, 0.1) is 23.0 Å². The van der Waals surface area contributed by atoms with Crippen LogP contribution in [-0.2, 0) is 9.53 Å². The number of non-ortho nitro benzene ring substituents is 1. The first-order valence-electron chi connectivity index (χ1n) is 7.88. The lowest BCUT2D eigenvalue weighted by molar-refractivity contribution is -0.384. The number of carbonyl (C=O) groups excluding carboxylic acids is 1. The number of aryl methyl sites for hydroxylation is 1. The van der Waals surface area contributed by atoms with Gasteiger partial charge in [0.15, 0.2) is 0 Å². The number of nitrogens with one attached hydrogen (secondary N) is 1. The molecule has 1 aromatic heterocycles. The molecule has 0 unspecified atom stereocenters. The first-order valence-corrected chi connectivity index (χ1v) is 7.88. The zero-order valence-electron chi connectivity index (χ0n) is 13.6. The van der Waals surface area contributed by atoms with E-state index in [1.165, 1.54) is 19.2 Å². The second-order valence-corrected chi connectivity index (χ2v) is 6.14. The van der Waals surface area contributed by atoms with Gasteiger partial charge < -0.3 is 10.1 Å². The summed E-state index contributed by atoms with van der Waals surface area (Å²) in [5.41, 5.74) is 2.40. The molecule has 24 heavy (non-hydrogen) atoms. The number of benzene rings is 1. The van der Waals surface area contributed by atoms with E-state index in [1.807, 2.05) is 13.0 Å². The highest BCUT2D eigenvalue weighted by molar-refractivity contribution is 5.93. The van der Waals surface area contributed by atoms with Gasteiger partial charge in [-0.1, -0.05) is 0 Å². The number of pyridine rings is 1. The molecule has 0 saturated heterocycles. The van der Waals surface area contributed by atoms with E-state index in [1.54, 1.807) is 6.07 Å². The number of aromatic nitrogens is 1. The molecule has 0 aliphatic heterocycles. The zero-order chi connectivity index (χ0) is 17.3. The molecule has 1 aliphatic rings. The van der Waals surface area contributed by atoms with Crippen LogP contribution in [0.25, 0.3) is 10.9 Å². The molecule has 1 fully saturated rings. The van der Waals surface area contributed by atoms with Crippen LogP contribution in [0.2, 0.25) is 0 Å². The van der Waals surface area contributed by atoms with Crippen molar-refractivity contribution in [2.75, 3.05) is 12.4 Å². The SMILES string of the molecule is COC(=O)[C@H]1CC[C@@H](Nc2cc(C)nc3ccc([N+](=O)[O-])cc23)C1. The Bertz CT molecular complexity index is 806. The van der Waals surface area contributed by atoms with Crippen LogP contribution >= 0.6 is 0 Å². The van der Waals surface area contributed by atoms with Gasteiger partial charge in [-0.15, -0.1) is 0 Å². The van der Waals surface area contributed by atoms with Crippen LogP contribution in [0.15, 0.2) is 24.3 Å². The van der Waals surface area contributed by atoms with Crippen molar-refractivity contribution in [2.24, 2.45) is 5.92 Å². The molecule has 1 N–H and O–H groups in total. The van der Waals surface area contributed by atoms with Gasteiger partial charge in [0.25, 0.3) is 5.69 Å². The van der Waals surface area contributed by atoms with Crippen LogP contribution in [0.3, 0.4) is 0 Å². The highest BCUT2D eigenvalue weighted by Gasteiger charge is 2.30. The third kappa shape index (κ3) is 3.15. The zero-order valence-corrected chi connectivity index (χ0v) is 13.6. The van der Waals surface area contributed by atoms with Crippen molar-refractivity contribution in [1.82, 2.24) is 4.98 Å². The standard InChI is InChI=1S/C17H19N3O4/c1-10-7-16(19-12-4-3-11(8-12)17(21)24-2)14-9-13(20(22)23)5-6-15(14)18-10/h5-7,9,11-12H,3-4,8H2,1-2H3,(H,18,19)/t11-,12+/m0/s1. The molecule has 1 heterocycles. The van der Waals surface area contributed by atoms with Gasteiger partial charge in [0.1, 0.15) is 0 Å². The van der Waals surface area contributed by atoms with E-state index in [4.69, 9.17) is 4.74 Å². The van der Waals surface area contributed by atoms with E-state index in [9.17, 15) is 14.9 Å². The molecule has 7 nitrogen and oxygen atoms in total. The summed E-state index contributed by atoms with van der Waals surface area (Å²) in [4.78, 5) is 26.7. The van der Waals surface area contributed by atoms with Gasteiger partial charge in [0.05, 0.1) is 23.5 Å². The highest BCUT2D eigenvalue weighted by Crippen LogP contribution is 2.32. The fourth-order valence-electron chi connectivity index (χ4n) is 3.29. The van der Waals surface area contributed by atoms with E-state index in [0.717, 1.165) is 29.6 Å². The van der Waals surface area contributed by atoms with E-state index >= 15 is 0 Å². The smallest absolute Gasteiger partial charge is 0.308 e. The first-order chi connectivity index (χ1) is 11.5. The van der Waals surface area contributed by atoms with Crippen molar-refractivity contribution in [2.45, 2.75) is 32.2 Å². The lowest BCUT2D eigenvalue weighted by Crippen LogP contribution is -2.19. The maximum absolute atomic E-state index is 11.7. The maximum atomic E-state index is 11.7. The number of nitro benzene ring substituents is 1. The average molecular weight is 329 g/mol. The van der Waals surface area contributed by atoms with Gasteiger partial charge in [-0.2, -0.15) is 0 Å². The van der Waals surface area contributed by atoms with Crippen LogP contribution in [-0.4, -0.2) is 29.0 Å². The minimum atomic E-state index is -0.411. The summed E-state index contributed by atoms with van der Waals surface area (Å²) < 4.78 is 4.81. The Balaban J connectivity index is 1.90. The van der Waals surface area contributed by atoms with Crippen molar-refractivity contribution in [3.63, 3.8) is 0 Å². The molecule has 1 aromatic carbocycles. The summed E-state index contributed by atoms with van der Waals surface area (Å²) in [6, 6.07) is 6.69. The molecular weight excluding hydrogens is 310 g/mol. The Morgan fingerprint density at radius 2 is 2.17 bits per heavy atom. The summed E-state index contributed by atoms with van der Waals surface area (Å²) in [6.45, 7) is 1.89. The molecular formula is C17H19N3O4. The summed E-state index contributed by atoms with van der Waals surface area (Å²) in [5.74, 6) is -0.262. The summed E-state index contributed by atoms with van der Waals surface area (Å²) in [5, 5.41) is 15.2. The number of nitrogens with zero attached hydrogens (tertiary/aromatic N) is 2. The van der Waals surface area contributed by atoms with Crippen LogP contribution in [0.1, 0.15) is 25.0 Å². The number of hydrogen-bond donors (Lipinski definition) is 1. The minimum absolute atomic E-state index is 0.0371. The van der Waals surface area contributed by atoms with E-state index in [0.29, 0.717) is 11.9 Å². The van der Waals surface area contributed by atoms with Crippen molar-refractivity contribution in [3.05, 3.63) is 40.1 Å². The Kier molecular flexibility index (Phi) is 4.33. The fourth-order valence-corrected chi connectivity index (χ4v) is 3.29. The molecule has 3 rings (SSSR count). The molecule has 0 bridgehead atoms.